The zero-order valence-electron chi connectivity index (χ0n) is 7.04. The van der Waals surface area contributed by atoms with Crippen molar-refractivity contribution in [2.45, 2.75) is 0 Å². The van der Waals surface area contributed by atoms with E-state index in [2.05, 4.69) is 5.92 Å². The molecule has 0 bridgehead atoms. The molecule has 14 heavy (non-hydrogen) atoms. The Morgan fingerprint density at radius 3 is 2.64 bits per heavy atom. The molecule has 1 amide bonds. The molecule has 0 aliphatic carbocycles. The molecule has 0 aromatic heterocycles. The van der Waals surface area contributed by atoms with Gasteiger partial charge in [-0.15, -0.1) is 0 Å². The van der Waals surface area contributed by atoms with Gasteiger partial charge in [0, 0.05) is 5.92 Å². The third-order valence-corrected chi connectivity index (χ3v) is 1.44. The molecule has 1 aromatic carbocycles. The first-order valence-electron chi connectivity index (χ1n) is 3.65. The molecule has 0 saturated heterocycles. The molecular weight excluding hydrogens is 183 g/mol. The lowest BCUT2D eigenvalue weighted by Gasteiger charge is -1.94. The highest BCUT2D eigenvalue weighted by Gasteiger charge is 2.04. The van der Waals surface area contributed by atoms with Crippen molar-refractivity contribution in [1.29, 1.82) is 5.26 Å². The van der Waals surface area contributed by atoms with Crippen molar-refractivity contribution in [3.63, 3.8) is 0 Å². The van der Waals surface area contributed by atoms with Crippen molar-refractivity contribution in [2.75, 3.05) is 0 Å². The molecule has 0 unspecified atom stereocenters. The van der Waals surface area contributed by atoms with Gasteiger partial charge in [0.25, 0.3) is 5.91 Å². The Labute approximate surface area is 79.9 Å². The van der Waals surface area contributed by atoms with E-state index < -0.39 is 11.7 Å². The number of primary amides is 1. The fourth-order valence-electron chi connectivity index (χ4n) is 0.844. The summed E-state index contributed by atoms with van der Waals surface area (Å²) in [4.78, 5) is 10.3. The number of carbonyl (C=O) groups is 1. The average Bonchev–Trinajstić information content (AvgIpc) is 2.16. The minimum atomic E-state index is -0.841. The molecule has 0 fully saturated rings. The van der Waals surface area contributed by atoms with Crippen molar-refractivity contribution in [3.8, 4) is 17.9 Å². The van der Waals surface area contributed by atoms with Crippen LogP contribution >= 0.6 is 0 Å². The van der Waals surface area contributed by atoms with Gasteiger partial charge >= 0.3 is 0 Å². The standard InChI is InChI=1S/C10H5FN2O/c11-10-7(4-5-9(13)14)2-1-3-8(10)6-12/h1-3H,(H2,13,14). The van der Waals surface area contributed by atoms with Crippen molar-refractivity contribution in [1.82, 2.24) is 0 Å². The van der Waals surface area contributed by atoms with Gasteiger partial charge in [-0.05, 0) is 12.1 Å². The molecule has 0 saturated carbocycles. The summed E-state index contributed by atoms with van der Waals surface area (Å²) in [6.45, 7) is 0. The van der Waals surface area contributed by atoms with Gasteiger partial charge in [0.05, 0.1) is 11.1 Å². The molecule has 0 spiro atoms. The van der Waals surface area contributed by atoms with Crippen LogP contribution in [0.15, 0.2) is 18.2 Å². The third-order valence-electron chi connectivity index (χ3n) is 1.44. The summed E-state index contributed by atoms with van der Waals surface area (Å²) >= 11 is 0. The van der Waals surface area contributed by atoms with Crippen LogP contribution in [0.25, 0.3) is 0 Å². The first-order chi connectivity index (χ1) is 6.65. The first kappa shape index (κ1) is 9.76. The molecule has 4 heteroatoms. The molecule has 68 valence electrons. The maximum absolute atomic E-state index is 13.2. The number of hydrogen-bond acceptors (Lipinski definition) is 2. The van der Waals surface area contributed by atoms with Crippen molar-refractivity contribution >= 4 is 5.91 Å². The Kier molecular flexibility index (Phi) is 2.83. The SMILES string of the molecule is N#Cc1cccc(C#CC(N)=O)c1F. The molecule has 2 N–H and O–H groups in total. The molecule has 1 rings (SSSR count). The van der Waals surface area contributed by atoms with Gasteiger partial charge in [-0.1, -0.05) is 12.0 Å². The number of amides is 1. The van der Waals surface area contributed by atoms with Gasteiger partial charge < -0.3 is 5.73 Å². The molecule has 3 nitrogen and oxygen atoms in total. The Hall–Kier alpha value is -2.33. The minimum absolute atomic E-state index is 0.0112. The molecular formula is C10H5FN2O. The van der Waals surface area contributed by atoms with Crippen LogP contribution in [0.1, 0.15) is 11.1 Å². The fraction of sp³-hybridized carbons (Fsp3) is 0. The van der Waals surface area contributed by atoms with Crippen LogP contribution in [0.3, 0.4) is 0 Å². The summed E-state index contributed by atoms with van der Waals surface area (Å²) in [7, 11) is 0. The first-order valence-corrected chi connectivity index (χ1v) is 3.65. The highest BCUT2D eigenvalue weighted by atomic mass is 19.1. The zero-order chi connectivity index (χ0) is 10.6. The quantitative estimate of drug-likeness (QED) is 0.603. The number of nitrogens with two attached hydrogens (primary N) is 1. The zero-order valence-corrected chi connectivity index (χ0v) is 7.04. The van der Waals surface area contributed by atoms with Crippen molar-refractivity contribution in [3.05, 3.63) is 35.1 Å². The van der Waals surface area contributed by atoms with Gasteiger partial charge in [-0.2, -0.15) is 5.26 Å². The van der Waals surface area contributed by atoms with Crippen molar-refractivity contribution < 1.29 is 9.18 Å². The predicted octanol–water partition coefficient (Wildman–Crippen LogP) is 0.534. The van der Waals surface area contributed by atoms with Crippen LogP contribution in [0, 0.1) is 29.0 Å². The van der Waals surface area contributed by atoms with Crippen LogP contribution in [0.4, 0.5) is 4.39 Å². The van der Waals surface area contributed by atoms with E-state index in [1.54, 1.807) is 6.07 Å². The van der Waals surface area contributed by atoms with E-state index in [0.717, 1.165) is 0 Å². The number of rotatable bonds is 0. The average molecular weight is 188 g/mol. The molecule has 0 heterocycles. The van der Waals surface area contributed by atoms with Crippen LogP contribution in [-0.2, 0) is 4.79 Å². The summed E-state index contributed by atoms with van der Waals surface area (Å²) in [5, 5.41) is 8.49. The lowest BCUT2D eigenvalue weighted by atomic mass is 10.1. The molecule has 0 radical (unpaired) electrons. The lowest BCUT2D eigenvalue weighted by Crippen LogP contribution is -2.06. The van der Waals surface area contributed by atoms with Crippen LogP contribution < -0.4 is 5.73 Å². The predicted molar refractivity (Wildman–Crippen MR) is 47.2 cm³/mol. The summed E-state index contributed by atoms with van der Waals surface area (Å²) in [6.07, 6.45) is 0. The smallest absolute Gasteiger partial charge is 0.293 e. The van der Waals surface area contributed by atoms with E-state index in [9.17, 15) is 9.18 Å². The normalized spacial score (nSPS) is 8.29. The largest absolute Gasteiger partial charge is 0.359 e. The second kappa shape index (κ2) is 4.06. The van der Waals surface area contributed by atoms with E-state index >= 15 is 0 Å². The van der Waals surface area contributed by atoms with E-state index in [1.165, 1.54) is 18.2 Å². The van der Waals surface area contributed by atoms with E-state index in [4.69, 9.17) is 11.0 Å². The minimum Gasteiger partial charge on any atom is -0.359 e. The Balaban J connectivity index is 3.20. The van der Waals surface area contributed by atoms with Crippen molar-refractivity contribution in [2.24, 2.45) is 5.73 Å². The highest BCUT2D eigenvalue weighted by Crippen LogP contribution is 2.10. The number of carbonyl (C=O) groups excluding carboxylic acids is 1. The van der Waals surface area contributed by atoms with E-state index in [-0.39, 0.29) is 11.1 Å². The summed E-state index contributed by atoms with van der Waals surface area (Å²) in [6, 6.07) is 5.83. The molecule has 1 aromatic rings. The topological polar surface area (TPSA) is 66.9 Å². The monoisotopic (exact) mass is 188 g/mol. The summed E-state index contributed by atoms with van der Waals surface area (Å²) in [5.41, 5.74) is 4.64. The highest BCUT2D eigenvalue weighted by molar-refractivity contribution is 5.92. The van der Waals surface area contributed by atoms with Crippen LogP contribution in [0.5, 0.6) is 0 Å². The number of hydrogen-bond donors (Lipinski definition) is 1. The van der Waals surface area contributed by atoms with Gasteiger partial charge in [-0.3, -0.25) is 4.79 Å². The maximum atomic E-state index is 13.2. The van der Waals surface area contributed by atoms with Crippen LogP contribution in [-0.4, -0.2) is 5.91 Å². The number of halogens is 1. The van der Waals surface area contributed by atoms with Gasteiger partial charge in [0.15, 0.2) is 5.82 Å². The number of nitriles is 1. The second-order valence-electron chi connectivity index (χ2n) is 2.39. The Bertz CT molecular complexity index is 477. The summed E-state index contributed by atoms with van der Waals surface area (Å²) in [5.74, 6) is 2.66. The lowest BCUT2D eigenvalue weighted by molar-refractivity contribution is -0.112. The van der Waals surface area contributed by atoms with E-state index in [1.807, 2.05) is 5.92 Å². The van der Waals surface area contributed by atoms with Crippen LogP contribution in [0.2, 0.25) is 0 Å². The van der Waals surface area contributed by atoms with Gasteiger partial charge in [0.1, 0.15) is 6.07 Å². The molecule has 0 atom stereocenters. The van der Waals surface area contributed by atoms with E-state index in [0.29, 0.717) is 0 Å². The Morgan fingerprint density at radius 1 is 1.43 bits per heavy atom. The Morgan fingerprint density at radius 2 is 2.07 bits per heavy atom. The molecule has 0 aliphatic heterocycles. The maximum Gasteiger partial charge on any atom is 0.293 e. The fourth-order valence-corrected chi connectivity index (χ4v) is 0.844. The number of benzene rings is 1. The van der Waals surface area contributed by atoms with Gasteiger partial charge in [-0.25, -0.2) is 4.39 Å². The third kappa shape index (κ3) is 2.09. The second-order valence-corrected chi connectivity index (χ2v) is 2.39. The molecule has 0 aliphatic rings. The van der Waals surface area contributed by atoms with Gasteiger partial charge in [0.2, 0.25) is 0 Å². The summed E-state index contributed by atoms with van der Waals surface area (Å²) < 4.78 is 13.2. The number of nitrogens with zero attached hydrogens (tertiary/aromatic N) is 1.